The molecule has 1 saturated carbocycles. The molecule has 23 heavy (non-hydrogen) atoms. The number of aliphatic imine (C=N–C) groups is 1. The zero-order valence-electron chi connectivity index (χ0n) is 13.4. The van der Waals surface area contributed by atoms with Crippen LogP contribution in [0.15, 0.2) is 35.6 Å². The van der Waals surface area contributed by atoms with Crippen LogP contribution in [0.2, 0.25) is 0 Å². The van der Waals surface area contributed by atoms with Gasteiger partial charge in [0.25, 0.3) is 6.02 Å². The van der Waals surface area contributed by atoms with Crippen molar-refractivity contribution in [1.82, 2.24) is 9.88 Å². The van der Waals surface area contributed by atoms with Gasteiger partial charge in [0.05, 0.1) is 12.7 Å². The van der Waals surface area contributed by atoms with Crippen LogP contribution in [0.25, 0.3) is 0 Å². The van der Waals surface area contributed by atoms with E-state index in [1.54, 1.807) is 6.20 Å². The zero-order chi connectivity index (χ0) is 15.5. The monoisotopic (exact) mass is 313 g/mol. The van der Waals surface area contributed by atoms with Gasteiger partial charge in [0.1, 0.15) is 12.4 Å². The van der Waals surface area contributed by atoms with Crippen LogP contribution in [0.1, 0.15) is 43.7 Å². The van der Waals surface area contributed by atoms with Crippen molar-refractivity contribution >= 4 is 6.02 Å². The van der Waals surface area contributed by atoms with E-state index in [-0.39, 0.29) is 6.10 Å². The Morgan fingerprint density at radius 2 is 2.13 bits per heavy atom. The first-order chi connectivity index (χ1) is 11.4. The third-order valence-corrected chi connectivity index (χ3v) is 4.80. The van der Waals surface area contributed by atoms with Crippen molar-refractivity contribution < 1.29 is 9.47 Å². The lowest BCUT2D eigenvalue weighted by molar-refractivity contribution is 0.146. The fraction of sp³-hybridized carbons (Fsp3) is 0.556. The molecule has 0 N–H and O–H groups in total. The molecule has 3 aliphatic rings. The lowest BCUT2D eigenvalue weighted by Crippen LogP contribution is -2.28. The molecule has 5 nitrogen and oxygen atoms in total. The number of ether oxygens (including phenoxy) is 2. The van der Waals surface area contributed by atoms with Crippen molar-refractivity contribution in [2.75, 3.05) is 19.7 Å². The number of amidine groups is 1. The Labute approximate surface area is 137 Å². The molecule has 3 heterocycles. The van der Waals surface area contributed by atoms with Crippen LogP contribution in [0.3, 0.4) is 0 Å². The van der Waals surface area contributed by atoms with E-state index in [1.165, 1.54) is 37.8 Å². The third-order valence-electron chi connectivity index (χ3n) is 4.80. The van der Waals surface area contributed by atoms with E-state index >= 15 is 0 Å². The number of nitrogens with zero attached hydrogens (tertiary/aromatic N) is 3. The van der Waals surface area contributed by atoms with E-state index in [1.807, 2.05) is 18.3 Å². The quantitative estimate of drug-likeness (QED) is 0.857. The minimum Gasteiger partial charge on any atom is -0.488 e. The zero-order valence-corrected chi connectivity index (χ0v) is 13.4. The fourth-order valence-corrected chi connectivity index (χ4v) is 3.53. The molecule has 1 aromatic rings. The highest BCUT2D eigenvalue weighted by Crippen LogP contribution is 2.31. The SMILES string of the molecule is C1=CN=C2O[C@H](COc3ccc(C4CCCCC4)nc3)CN2C1. The first kappa shape index (κ1) is 14.5. The van der Waals surface area contributed by atoms with E-state index in [0.29, 0.717) is 18.5 Å². The van der Waals surface area contributed by atoms with Crippen LogP contribution < -0.4 is 4.74 Å². The van der Waals surface area contributed by atoms with E-state index in [2.05, 4.69) is 20.9 Å². The average molecular weight is 313 g/mol. The van der Waals surface area contributed by atoms with Gasteiger partial charge in [0, 0.05) is 24.4 Å². The molecular weight excluding hydrogens is 290 g/mol. The second kappa shape index (κ2) is 6.60. The minimum absolute atomic E-state index is 0.0340. The molecule has 5 heteroatoms. The highest BCUT2D eigenvalue weighted by atomic mass is 16.6. The Bertz CT molecular complexity index is 591. The maximum Gasteiger partial charge on any atom is 0.292 e. The molecule has 2 aliphatic heterocycles. The van der Waals surface area contributed by atoms with Gasteiger partial charge in [0.15, 0.2) is 6.10 Å². The normalized spacial score (nSPS) is 24.1. The Balaban J connectivity index is 1.30. The van der Waals surface area contributed by atoms with E-state index in [4.69, 9.17) is 9.47 Å². The topological polar surface area (TPSA) is 47.0 Å². The molecule has 0 spiro atoms. The Morgan fingerprint density at radius 1 is 1.22 bits per heavy atom. The standard InChI is InChI=1S/C18H23N3O2/c1-2-5-14(6-3-1)17-8-7-15(11-20-17)22-13-16-12-21-10-4-9-19-18(21)23-16/h4,7-9,11,14,16H,1-3,5-6,10,12-13H2/t16-/m0/s1. The molecule has 1 aliphatic carbocycles. The summed E-state index contributed by atoms with van der Waals surface area (Å²) in [5.74, 6) is 1.45. The predicted molar refractivity (Wildman–Crippen MR) is 88.6 cm³/mol. The van der Waals surface area contributed by atoms with Gasteiger partial charge in [-0.3, -0.25) is 4.98 Å². The van der Waals surface area contributed by atoms with Crippen LogP contribution in [-0.4, -0.2) is 41.7 Å². The van der Waals surface area contributed by atoms with Crippen molar-refractivity contribution in [3.63, 3.8) is 0 Å². The largest absolute Gasteiger partial charge is 0.488 e. The van der Waals surface area contributed by atoms with Crippen molar-refractivity contribution in [3.05, 3.63) is 36.3 Å². The first-order valence-corrected chi connectivity index (χ1v) is 8.61. The lowest BCUT2D eigenvalue weighted by Gasteiger charge is -2.21. The van der Waals surface area contributed by atoms with Crippen LogP contribution in [0.4, 0.5) is 0 Å². The summed E-state index contributed by atoms with van der Waals surface area (Å²) in [7, 11) is 0. The molecule has 1 saturated heterocycles. The van der Waals surface area contributed by atoms with Crippen molar-refractivity contribution in [1.29, 1.82) is 0 Å². The van der Waals surface area contributed by atoms with Gasteiger partial charge in [-0.1, -0.05) is 19.3 Å². The van der Waals surface area contributed by atoms with Crippen molar-refractivity contribution in [2.45, 2.75) is 44.1 Å². The molecule has 122 valence electrons. The Hall–Kier alpha value is -2.04. The number of aromatic nitrogens is 1. The van der Waals surface area contributed by atoms with Gasteiger partial charge in [-0.05, 0) is 31.1 Å². The van der Waals surface area contributed by atoms with Crippen LogP contribution in [0, 0.1) is 0 Å². The van der Waals surface area contributed by atoms with Crippen molar-refractivity contribution in [3.8, 4) is 5.75 Å². The predicted octanol–water partition coefficient (Wildman–Crippen LogP) is 3.09. The molecular formula is C18H23N3O2. The summed E-state index contributed by atoms with van der Waals surface area (Å²) in [5.41, 5.74) is 1.21. The first-order valence-electron chi connectivity index (χ1n) is 8.61. The van der Waals surface area contributed by atoms with E-state index < -0.39 is 0 Å². The van der Waals surface area contributed by atoms with Gasteiger partial charge < -0.3 is 14.4 Å². The Kier molecular flexibility index (Phi) is 4.18. The maximum atomic E-state index is 5.85. The summed E-state index contributed by atoms with van der Waals surface area (Å²) in [6.07, 6.45) is 12.3. The molecule has 0 aromatic carbocycles. The number of pyridine rings is 1. The van der Waals surface area contributed by atoms with Gasteiger partial charge >= 0.3 is 0 Å². The molecule has 4 rings (SSSR count). The lowest BCUT2D eigenvalue weighted by atomic mass is 9.87. The molecule has 1 atom stereocenters. The summed E-state index contributed by atoms with van der Waals surface area (Å²) in [6, 6.07) is 4.88. The molecule has 1 aromatic heterocycles. The molecule has 0 amide bonds. The van der Waals surface area contributed by atoms with E-state index in [9.17, 15) is 0 Å². The van der Waals surface area contributed by atoms with E-state index in [0.717, 1.165) is 18.8 Å². The second-order valence-electron chi connectivity index (χ2n) is 6.51. The number of fused-ring (bicyclic) bond motifs is 1. The maximum absolute atomic E-state index is 5.85. The molecule has 0 unspecified atom stereocenters. The van der Waals surface area contributed by atoms with Gasteiger partial charge in [-0.25, -0.2) is 4.99 Å². The third kappa shape index (κ3) is 3.33. The smallest absolute Gasteiger partial charge is 0.292 e. The van der Waals surface area contributed by atoms with Crippen LogP contribution in [-0.2, 0) is 4.74 Å². The summed E-state index contributed by atoms with van der Waals surface area (Å²) >= 11 is 0. The summed E-state index contributed by atoms with van der Waals surface area (Å²) < 4.78 is 11.6. The fourth-order valence-electron chi connectivity index (χ4n) is 3.53. The second-order valence-corrected chi connectivity index (χ2v) is 6.51. The molecule has 0 bridgehead atoms. The van der Waals surface area contributed by atoms with Crippen LogP contribution >= 0.6 is 0 Å². The van der Waals surface area contributed by atoms with Gasteiger partial charge in [-0.2, -0.15) is 0 Å². The van der Waals surface area contributed by atoms with Crippen LogP contribution in [0.5, 0.6) is 5.75 Å². The highest BCUT2D eigenvalue weighted by Gasteiger charge is 2.30. The average Bonchev–Trinajstić information content (AvgIpc) is 3.04. The molecule has 0 radical (unpaired) electrons. The molecule has 2 fully saturated rings. The highest BCUT2D eigenvalue weighted by molar-refractivity contribution is 5.77. The Morgan fingerprint density at radius 3 is 2.91 bits per heavy atom. The summed E-state index contributed by atoms with van der Waals surface area (Å²) in [5, 5.41) is 0. The summed E-state index contributed by atoms with van der Waals surface area (Å²) in [6.45, 7) is 2.23. The van der Waals surface area contributed by atoms with Gasteiger partial charge in [-0.15, -0.1) is 0 Å². The van der Waals surface area contributed by atoms with Gasteiger partial charge in [0.2, 0.25) is 0 Å². The number of rotatable bonds is 4. The summed E-state index contributed by atoms with van der Waals surface area (Å²) in [4.78, 5) is 11.0. The number of hydrogen-bond donors (Lipinski definition) is 0. The number of hydrogen-bond acceptors (Lipinski definition) is 5. The van der Waals surface area contributed by atoms with Crippen molar-refractivity contribution in [2.24, 2.45) is 4.99 Å². The minimum atomic E-state index is 0.0340.